The van der Waals surface area contributed by atoms with E-state index in [1.165, 1.54) is 0 Å². The molecule has 0 unspecified atom stereocenters. The Morgan fingerprint density at radius 3 is 2.73 bits per heavy atom. The summed E-state index contributed by atoms with van der Waals surface area (Å²) in [6.45, 7) is 0. The van der Waals surface area contributed by atoms with Crippen LogP contribution in [0.4, 0.5) is 0 Å². The number of rotatable bonds is 3. The Hall–Kier alpha value is -0.820. The fraction of sp³-hybridized carbons (Fsp3) is 0.222. The lowest BCUT2D eigenvalue weighted by atomic mass is 10.1. The van der Waals surface area contributed by atoms with Gasteiger partial charge in [0.2, 0.25) is 0 Å². The number of alkyl halides is 1. The van der Waals surface area contributed by atoms with Crippen LogP contribution in [0.25, 0.3) is 0 Å². The maximum atomic E-state index is 10.5. The number of aldehydes is 1. The van der Waals surface area contributed by atoms with Gasteiger partial charge in [0.15, 0.2) is 0 Å². The SMILES string of the molecule is O=Cc1ccccc1CCCl. The van der Waals surface area contributed by atoms with Gasteiger partial charge in [-0.3, -0.25) is 4.79 Å². The van der Waals surface area contributed by atoms with Gasteiger partial charge in [-0.25, -0.2) is 0 Å². The van der Waals surface area contributed by atoms with Gasteiger partial charge < -0.3 is 0 Å². The molecular weight excluding hydrogens is 160 g/mol. The van der Waals surface area contributed by atoms with Crippen molar-refractivity contribution in [2.75, 3.05) is 5.88 Å². The van der Waals surface area contributed by atoms with Gasteiger partial charge in [-0.15, -0.1) is 11.6 Å². The van der Waals surface area contributed by atoms with Gasteiger partial charge in [-0.2, -0.15) is 0 Å². The highest BCUT2D eigenvalue weighted by Crippen LogP contribution is 2.07. The number of carbonyl (C=O) groups excluding carboxylic acids is 1. The lowest BCUT2D eigenvalue weighted by Crippen LogP contribution is -1.92. The predicted octanol–water partition coefficient (Wildman–Crippen LogP) is 2.28. The Morgan fingerprint density at radius 1 is 1.36 bits per heavy atom. The van der Waals surface area contributed by atoms with Gasteiger partial charge in [0, 0.05) is 11.4 Å². The van der Waals surface area contributed by atoms with Crippen molar-refractivity contribution in [3.05, 3.63) is 35.4 Å². The van der Waals surface area contributed by atoms with E-state index in [9.17, 15) is 4.79 Å². The van der Waals surface area contributed by atoms with Crippen molar-refractivity contribution in [2.45, 2.75) is 6.42 Å². The molecule has 0 radical (unpaired) electrons. The summed E-state index contributed by atoms with van der Waals surface area (Å²) >= 11 is 5.55. The number of halogens is 1. The fourth-order valence-corrected chi connectivity index (χ4v) is 1.18. The minimum absolute atomic E-state index is 0.560. The van der Waals surface area contributed by atoms with Crippen molar-refractivity contribution in [3.63, 3.8) is 0 Å². The summed E-state index contributed by atoms with van der Waals surface area (Å²) in [5.41, 5.74) is 1.77. The van der Waals surface area contributed by atoms with Crippen LogP contribution in [-0.2, 0) is 6.42 Å². The van der Waals surface area contributed by atoms with Crippen molar-refractivity contribution in [1.82, 2.24) is 0 Å². The number of benzene rings is 1. The van der Waals surface area contributed by atoms with Crippen molar-refractivity contribution in [1.29, 1.82) is 0 Å². The second-order valence-electron chi connectivity index (χ2n) is 2.26. The van der Waals surface area contributed by atoms with Crippen LogP contribution >= 0.6 is 11.6 Å². The van der Waals surface area contributed by atoms with Crippen LogP contribution in [0.3, 0.4) is 0 Å². The predicted molar refractivity (Wildman–Crippen MR) is 46.3 cm³/mol. The minimum Gasteiger partial charge on any atom is -0.298 e. The van der Waals surface area contributed by atoms with Crippen molar-refractivity contribution < 1.29 is 4.79 Å². The average molecular weight is 169 g/mol. The molecule has 0 saturated heterocycles. The van der Waals surface area contributed by atoms with Gasteiger partial charge in [0.25, 0.3) is 0 Å². The van der Waals surface area contributed by atoms with Crippen LogP contribution in [0.15, 0.2) is 24.3 Å². The largest absolute Gasteiger partial charge is 0.298 e. The summed E-state index contributed by atoms with van der Waals surface area (Å²) in [5, 5.41) is 0. The monoisotopic (exact) mass is 168 g/mol. The van der Waals surface area contributed by atoms with Gasteiger partial charge in [0.05, 0.1) is 0 Å². The third kappa shape index (κ3) is 2.05. The zero-order chi connectivity index (χ0) is 8.10. The number of aryl methyl sites for hydroxylation is 1. The van der Waals surface area contributed by atoms with Crippen LogP contribution in [0.2, 0.25) is 0 Å². The molecule has 0 heterocycles. The standard InChI is InChI=1S/C9H9ClO/c10-6-5-8-3-1-2-4-9(8)7-11/h1-4,7H,5-6H2. The highest BCUT2D eigenvalue weighted by Gasteiger charge is 1.97. The Bertz CT molecular complexity index is 245. The molecule has 1 nitrogen and oxygen atoms in total. The molecule has 2 heteroatoms. The molecule has 0 aliphatic rings. The Balaban J connectivity index is 2.92. The highest BCUT2D eigenvalue weighted by molar-refractivity contribution is 6.18. The van der Waals surface area contributed by atoms with E-state index in [1.807, 2.05) is 18.2 Å². The Kier molecular flexibility index (Phi) is 3.12. The highest BCUT2D eigenvalue weighted by atomic mass is 35.5. The summed E-state index contributed by atoms with van der Waals surface area (Å²) < 4.78 is 0. The number of hydrogen-bond donors (Lipinski definition) is 0. The molecule has 0 bridgehead atoms. The van der Waals surface area contributed by atoms with Gasteiger partial charge in [0.1, 0.15) is 6.29 Å². The van der Waals surface area contributed by atoms with Crippen LogP contribution in [-0.4, -0.2) is 12.2 Å². The van der Waals surface area contributed by atoms with Gasteiger partial charge in [-0.05, 0) is 12.0 Å². The first-order valence-electron chi connectivity index (χ1n) is 3.47. The van der Waals surface area contributed by atoms with E-state index in [1.54, 1.807) is 6.07 Å². The average Bonchev–Trinajstić information content (AvgIpc) is 2.06. The number of carbonyl (C=O) groups is 1. The van der Waals surface area contributed by atoms with Crippen LogP contribution in [0.1, 0.15) is 15.9 Å². The Morgan fingerprint density at radius 2 is 2.09 bits per heavy atom. The molecule has 0 N–H and O–H groups in total. The topological polar surface area (TPSA) is 17.1 Å². The van der Waals surface area contributed by atoms with E-state index in [0.29, 0.717) is 5.88 Å². The molecule has 1 aromatic carbocycles. The maximum Gasteiger partial charge on any atom is 0.150 e. The quantitative estimate of drug-likeness (QED) is 0.500. The third-order valence-corrected chi connectivity index (χ3v) is 1.73. The molecule has 0 atom stereocenters. The van der Waals surface area contributed by atoms with Gasteiger partial charge in [-0.1, -0.05) is 24.3 Å². The first-order chi connectivity index (χ1) is 5.38. The molecule has 0 fully saturated rings. The summed E-state index contributed by atoms with van der Waals surface area (Å²) in [4.78, 5) is 10.5. The summed E-state index contributed by atoms with van der Waals surface area (Å²) in [6, 6.07) is 7.48. The fourth-order valence-electron chi connectivity index (χ4n) is 0.979. The van der Waals surface area contributed by atoms with Gasteiger partial charge >= 0.3 is 0 Å². The molecule has 11 heavy (non-hydrogen) atoms. The van der Waals surface area contributed by atoms with Crippen LogP contribution in [0, 0.1) is 0 Å². The maximum absolute atomic E-state index is 10.5. The Labute approximate surface area is 71.0 Å². The molecule has 0 aliphatic carbocycles. The van der Waals surface area contributed by atoms with Crippen molar-refractivity contribution in [2.24, 2.45) is 0 Å². The molecule has 0 amide bonds. The van der Waals surface area contributed by atoms with Crippen molar-refractivity contribution in [3.8, 4) is 0 Å². The van der Waals surface area contributed by atoms with E-state index in [2.05, 4.69) is 0 Å². The molecule has 1 rings (SSSR count). The smallest absolute Gasteiger partial charge is 0.150 e. The lowest BCUT2D eigenvalue weighted by molar-refractivity contribution is 0.112. The zero-order valence-corrected chi connectivity index (χ0v) is 6.84. The molecule has 0 spiro atoms. The van der Waals surface area contributed by atoms with Crippen LogP contribution < -0.4 is 0 Å². The lowest BCUT2D eigenvalue weighted by Gasteiger charge is -1.99. The normalized spacial score (nSPS) is 9.55. The molecular formula is C9H9ClO. The molecule has 1 aromatic rings. The van der Waals surface area contributed by atoms with E-state index >= 15 is 0 Å². The zero-order valence-electron chi connectivity index (χ0n) is 6.09. The summed E-state index contributed by atoms with van der Waals surface area (Å²) in [7, 11) is 0. The first-order valence-corrected chi connectivity index (χ1v) is 4.01. The van der Waals surface area contributed by atoms with E-state index in [0.717, 1.165) is 23.8 Å². The van der Waals surface area contributed by atoms with E-state index < -0.39 is 0 Å². The second-order valence-corrected chi connectivity index (χ2v) is 2.63. The van der Waals surface area contributed by atoms with E-state index in [-0.39, 0.29) is 0 Å². The molecule has 0 saturated carbocycles. The van der Waals surface area contributed by atoms with Crippen LogP contribution in [0.5, 0.6) is 0 Å². The number of hydrogen-bond acceptors (Lipinski definition) is 1. The molecule has 0 aliphatic heterocycles. The molecule has 58 valence electrons. The molecule has 0 aromatic heterocycles. The minimum atomic E-state index is 0.560. The third-order valence-electron chi connectivity index (χ3n) is 1.55. The summed E-state index contributed by atoms with van der Waals surface area (Å²) in [6.07, 6.45) is 1.62. The van der Waals surface area contributed by atoms with Crippen molar-refractivity contribution >= 4 is 17.9 Å². The summed E-state index contributed by atoms with van der Waals surface area (Å²) in [5.74, 6) is 0.560. The first kappa shape index (κ1) is 8.28. The second kappa shape index (κ2) is 4.14. The van der Waals surface area contributed by atoms with E-state index in [4.69, 9.17) is 11.6 Å².